The van der Waals surface area contributed by atoms with Gasteiger partial charge in [-0.3, -0.25) is 19.8 Å². The summed E-state index contributed by atoms with van der Waals surface area (Å²) in [5, 5.41) is 2.92. The molecule has 156 valence electrons. The van der Waals surface area contributed by atoms with Crippen molar-refractivity contribution < 1.29 is 19.1 Å². The number of hydrogen-bond acceptors (Lipinski definition) is 5. The number of benzene rings is 2. The van der Waals surface area contributed by atoms with Gasteiger partial charge in [0.15, 0.2) is 16.6 Å². The molecule has 1 N–H and O–H groups in total. The lowest BCUT2D eigenvalue weighted by molar-refractivity contribution is -0.122. The molecule has 1 aliphatic rings. The first kappa shape index (κ1) is 21.8. The number of nitrogens with one attached hydrogen (secondary N) is 1. The second-order valence-electron chi connectivity index (χ2n) is 6.44. The zero-order chi connectivity index (χ0) is 21.8. The number of carbonyl (C=O) groups is 2. The Hall–Kier alpha value is -2.90. The molecule has 0 atom stereocenters. The summed E-state index contributed by atoms with van der Waals surface area (Å²) in [6.45, 7) is 4.33. The van der Waals surface area contributed by atoms with Gasteiger partial charge in [0.1, 0.15) is 5.57 Å². The van der Waals surface area contributed by atoms with Crippen molar-refractivity contribution in [2.24, 2.45) is 0 Å². The monoisotopic (exact) mass is 444 g/mol. The number of rotatable bonds is 6. The third-order valence-electron chi connectivity index (χ3n) is 4.59. The van der Waals surface area contributed by atoms with Crippen LogP contribution in [0.2, 0.25) is 5.02 Å². The number of ether oxygens (including phenoxy) is 2. The fraction of sp³-hybridized carbons (Fsp3) is 0.227. The maximum absolute atomic E-state index is 13.2. The lowest BCUT2D eigenvalue weighted by Crippen LogP contribution is -2.54. The van der Waals surface area contributed by atoms with E-state index in [1.165, 1.54) is 18.1 Å². The van der Waals surface area contributed by atoms with E-state index >= 15 is 0 Å². The number of nitrogens with zero attached hydrogens (tertiary/aromatic N) is 1. The maximum Gasteiger partial charge on any atom is 0.270 e. The maximum atomic E-state index is 13.2. The van der Waals surface area contributed by atoms with Gasteiger partial charge in [0.2, 0.25) is 0 Å². The van der Waals surface area contributed by atoms with Gasteiger partial charge in [-0.05, 0) is 61.0 Å². The molecule has 1 fully saturated rings. The molecule has 2 aromatic rings. The van der Waals surface area contributed by atoms with Crippen LogP contribution in [0.1, 0.15) is 25.0 Å². The molecule has 1 heterocycles. The number of carbonyl (C=O) groups excluding carboxylic acids is 2. The highest BCUT2D eigenvalue weighted by atomic mass is 35.5. The molecular formula is C22H21ClN2O4S. The minimum absolute atomic E-state index is 0.0294. The number of halogens is 1. The summed E-state index contributed by atoms with van der Waals surface area (Å²) in [6, 6.07) is 10.6. The quantitative estimate of drug-likeness (QED) is 0.412. The van der Waals surface area contributed by atoms with Gasteiger partial charge in [0.05, 0.1) is 24.4 Å². The molecule has 30 heavy (non-hydrogen) atoms. The Balaban J connectivity index is 2.02. The van der Waals surface area contributed by atoms with Crippen molar-refractivity contribution >= 4 is 52.5 Å². The minimum Gasteiger partial charge on any atom is -0.493 e. The Bertz CT molecular complexity index is 1030. The van der Waals surface area contributed by atoms with E-state index in [0.717, 1.165) is 12.0 Å². The molecule has 0 radical (unpaired) electrons. The fourth-order valence-corrected chi connectivity index (χ4v) is 3.51. The Morgan fingerprint density at radius 3 is 2.43 bits per heavy atom. The van der Waals surface area contributed by atoms with Crippen molar-refractivity contribution in [2.75, 3.05) is 18.6 Å². The highest BCUT2D eigenvalue weighted by molar-refractivity contribution is 7.80. The number of anilines is 1. The van der Waals surface area contributed by atoms with Crippen LogP contribution in [0.4, 0.5) is 5.69 Å². The zero-order valence-electron chi connectivity index (χ0n) is 16.8. The smallest absolute Gasteiger partial charge is 0.270 e. The lowest BCUT2D eigenvalue weighted by atomic mass is 10.1. The van der Waals surface area contributed by atoms with Crippen LogP contribution in [0, 0.1) is 0 Å². The van der Waals surface area contributed by atoms with Gasteiger partial charge in [-0.2, -0.15) is 0 Å². The Kier molecular flexibility index (Phi) is 6.74. The molecule has 1 aliphatic heterocycles. The summed E-state index contributed by atoms with van der Waals surface area (Å²) in [5.74, 6) is -0.197. The average molecular weight is 445 g/mol. The minimum atomic E-state index is -0.588. The second kappa shape index (κ2) is 9.28. The Labute approximate surface area is 185 Å². The van der Waals surface area contributed by atoms with E-state index in [1.54, 1.807) is 24.3 Å². The first-order valence-electron chi connectivity index (χ1n) is 9.40. The molecule has 2 amide bonds. The predicted octanol–water partition coefficient (Wildman–Crippen LogP) is 4.14. The third-order valence-corrected chi connectivity index (χ3v) is 5.20. The van der Waals surface area contributed by atoms with Crippen molar-refractivity contribution in [1.29, 1.82) is 0 Å². The first-order chi connectivity index (χ1) is 14.4. The predicted molar refractivity (Wildman–Crippen MR) is 121 cm³/mol. The summed E-state index contributed by atoms with van der Waals surface area (Å²) in [4.78, 5) is 27.0. The highest BCUT2D eigenvalue weighted by Gasteiger charge is 2.34. The van der Waals surface area contributed by atoms with E-state index in [-0.39, 0.29) is 10.7 Å². The van der Waals surface area contributed by atoms with Crippen LogP contribution in [0.25, 0.3) is 6.08 Å². The molecule has 1 saturated heterocycles. The summed E-state index contributed by atoms with van der Waals surface area (Å²) in [7, 11) is 1.50. The van der Waals surface area contributed by atoms with Crippen LogP contribution in [-0.4, -0.2) is 30.6 Å². The third kappa shape index (κ3) is 4.32. The van der Waals surface area contributed by atoms with E-state index in [9.17, 15) is 9.59 Å². The average Bonchev–Trinajstić information content (AvgIpc) is 2.73. The summed E-state index contributed by atoms with van der Waals surface area (Å²) in [5.41, 5.74) is 2.06. The molecule has 0 bridgehead atoms. The number of amides is 2. The molecule has 0 aliphatic carbocycles. The van der Waals surface area contributed by atoms with Gasteiger partial charge < -0.3 is 9.47 Å². The number of thiocarbonyl (C=S) groups is 1. The molecule has 6 nitrogen and oxygen atoms in total. The molecule has 0 aromatic heterocycles. The van der Waals surface area contributed by atoms with Gasteiger partial charge >= 0.3 is 0 Å². The first-order valence-corrected chi connectivity index (χ1v) is 10.2. The van der Waals surface area contributed by atoms with Gasteiger partial charge in [-0.15, -0.1) is 0 Å². The van der Waals surface area contributed by atoms with Crippen molar-refractivity contribution in [1.82, 2.24) is 5.32 Å². The molecule has 0 spiro atoms. The SMILES string of the molecule is CCOc1cc(Cl)c(C=C2C(=O)NC(=S)N(c3ccc(CC)cc3)C2=O)cc1OC. The zero-order valence-corrected chi connectivity index (χ0v) is 18.4. The topological polar surface area (TPSA) is 67.9 Å². The van der Waals surface area contributed by atoms with Crippen LogP contribution in [-0.2, 0) is 16.0 Å². The van der Waals surface area contributed by atoms with E-state index in [2.05, 4.69) is 5.32 Å². The van der Waals surface area contributed by atoms with Crippen LogP contribution in [0.3, 0.4) is 0 Å². The molecule has 0 unspecified atom stereocenters. The summed E-state index contributed by atoms with van der Waals surface area (Å²) < 4.78 is 10.8. The molecular weight excluding hydrogens is 424 g/mol. The second-order valence-corrected chi connectivity index (χ2v) is 7.23. The van der Waals surface area contributed by atoms with Crippen molar-refractivity contribution in [3.8, 4) is 11.5 Å². The van der Waals surface area contributed by atoms with Crippen molar-refractivity contribution in [3.63, 3.8) is 0 Å². The molecule has 8 heteroatoms. The molecule has 2 aromatic carbocycles. The van der Waals surface area contributed by atoms with Gasteiger partial charge in [0, 0.05) is 6.07 Å². The Morgan fingerprint density at radius 2 is 1.83 bits per heavy atom. The highest BCUT2D eigenvalue weighted by Crippen LogP contribution is 2.35. The van der Waals surface area contributed by atoms with E-state index < -0.39 is 11.8 Å². The van der Waals surface area contributed by atoms with Crippen molar-refractivity contribution in [3.05, 3.63) is 58.1 Å². The van der Waals surface area contributed by atoms with E-state index in [1.807, 2.05) is 26.0 Å². The lowest BCUT2D eigenvalue weighted by Gasteiger charge is -2.29. The largest absolute Gasteiger partial charge is 0.493 e. The fourth-order valence-electron chi connectivity index (χ4n) is 3.02. The normalized spacial score (nSPS) is 15.4. The van der Waals surface area contributed by atoms with Crippen LogP contribution in [0.5, 0.6) is 11.5 Å². The van der Waals surface area contributed by atoms with Gasteiger partial charge in [-0.25, -0.2) is 0 Å². The number of hydrogen-bond donors (Lipinski definition) is 1. The Morgan fingerprint density at radius 1 is 1.13 bits per heavy atom. The summed E-state index contributed by atoms with van der Waals surface area (Å²) >= 11 is 11.6. The van der Waals surface area contributed by atoms with Crippen LogP contribution >= 0.6 is 23.8 Å². The van der Waals surface area contributed by atoms with Crippen molar-refractivity contribution in [2.45, 2.75) is 20.3 Å². The molecule has 3 rings (SSSR count). The number of methoxy groups -OCH3 is 1. The summed E-state index contributed by atoms with van der Waals surface area (Å²) in [6.07, 6.45) is 2.30. The van der Waals surface area contributed by atoms with Crippen LogP contribution < -0.4 is 19.7 Å². The van der Waals surface area contributed by atoms with Gasteiger partial charge in [0.25, 0.3) is 11.8 Å². The van der Waals surface area contributed by atoms with E-state index in [0.29, 0.717) is 34.4 Å². The molecule has 0 saturated carbocycles. The van der Waals surface area contributed by atoms with Crippen LogP contribution in [0.15, 0.2) is 42.0 Å². The standard InChI is InChI=1S/C22H21ClN2O4S/c1-4-13-6-8-15(9-7-13)25-21(27)16(20(26)24-22(25)30)10-14-11-18(28-3)19(29-5-2)12-17(14)23/h6-12H,4-5H2,1-3H3,(H,24,26,30). The number of aryl methyl sites for hydroxylation is 1. The van der Waals surface area contributed by atoms with Gasteiger partial charge in [-0.1, -0.05) is 30.7 Å². The van der Waals surface area contributed by atoms with E-state index in [4.69, 9.17) is 33.3 Å².